The number of hydrogen-bond acceptors (Lipinski definition) is 5. The first-order valence-corrected chi connectivity index (χ1v) is 8.86. The van der Waals surface area contributed by atoms with Gasteiger partial charge < -0.3 is 10.6 Å². The molecule has 1 aromatic heterocycles. The molecule has 0 bridgehead atoms. The average Bonchev–Trinajstić information content (AvgIpc) is 3.09. The van der Waals surface area contributed by atoms with Crippen molar-refractivity contribution in [1.29, 1.82) is 0 Å². The second-order valence-electron chi connectivity index (χ2n) is 5.71. The summed E-state index contributed by atoms with van der Waals surface area (Å²) >= 11 is 1.33. The van der Waals surface area contributed by atoms with Gasteiger partial charge in [0.15, 0.2) is 10.9 Å². The van der Waals surface area contributed by atoms with Crippen molar-refractivity contribution in [3.63, 3.8) is 0 Å². The lowest BCUT2D eigenvalue weighted by Gasteiger charge is -2.05. The van der Waals surface area contributed by atoms with Gasteiger partial charge in [0.25, 0.3) is 5.91 Å². The van der Waals surface area contributed by atoms with Crippen LogP contribution in [0.25, 0.3) is 0 Å². The number of nitrogens with zero attached hydrogens (tertiary/aromatic N) is 1. The van der Waals surface area contributed by atoms with Gasteiger partial charge in [-0.05, 0) is 49.4 Å². The highest BCUT2D eigenvalue weighted by Gasteiger charge is 2.13. The number of amides is 1. The van der Waals surface area contributed by atoms with Gasteiger partial charge in [0, 0.05) is 16.6 Å². The molecule has 0 aliphatic rings. The van der Waals surface area contributed by atoms with Gasteiger partial charge in [0.05, 0.1) is 17.8 Å². The lowest BCUT2D eigenvalue weighted by atomic mass is 10.1. The predicted octanol–water partition coefficient (Wildman–Crippen LogP) is 4.30. The van der Waals surface area contributed by atoms with Crippen molar-refractivity contribution in [2.75, 3.05) is 5.32 Å². The van der Waals surface area contributed by atoms with Crippen molar-refractivity contribution in [2.45, 2.75) is 13.5 Å². The highest BCUT2D eigenvalue weighted by atomic mass is 32.1. The Kier molecular flexibility index (Phi) is 5.56. The van der Waals surface area contributed by atoms with Crippen LogP contribution in [0.3, 0.4) is 0 Å². The number of Topliss-reactive ketones (excluding diaryl/α,β-unsaturated/α-hetero) is 1. The lowest BCUT2D eigenvalue weighted by Crippen LogP contribution is -2.24. The van der Waals surface area contributed by atoms with Crippen LogP contribution in [-0.4, -0.2) is 16.7 Å². The Hall–Kier alpha value is -3.13. The second kappa shape index (κ2) is 8.05. The molecule has 0 aliphatic carbocycles. The minimum atomic E-state index is -0.788. The van der Waals surface area contributed by atoms with Crippen molar-refractivity contribution in [3.05, 3.63) is 76.3 Å². The Morgan fingerprint density at radius 2 is 1.85 bits per heavy atom. The average molecular weight is 387 g/mol. The van der Waals surface area contributed by atoms with E-state index in [2.05, 4.69) is 15.6 Å². The standard InChI is InChI=1S/C19H15F2N3O2S/c1-11(25)12-2-5-14(6-3-12)23-19-24-15(10-27-19)9-22-18(26)16-8-13(20)4-7-17(16)21/h2-8,10H,9H2,1H3,(H,22,26)(H,23,24). The molecule has 5 nitrogen and oxygen atoms in total. The lowest BCUT2D eigenvalue weighted by molar-refractivity contribution is 0.0945. The number of carbonyl (C=O) groups is 2. The van der Waals surface area contributed by atoms with E-state index in [1.165, 1.54) is 18.3 Å². The largest absolute Gasteiger partial charge is 0.346 e. The SMILES string of the molecule is CC(=O)c1ccc(Nc2nc(CNC(=O)c3cc(F)ccc3F)cs2)cc1. The van der Waals surface area contributed by atoms with E-state index in [-0.39, 0.29) is 17.9 Å². The molecular weight excluding hydrogens is 372 g/mol. The highest BCUT2D eigenvalue weighted by Crippen LogP contribution is 2.21. The quantitative estimate of drug-likeness (QED) is 0.619. The number of halogens is 2. The number of thiazole rings is 1. The Labute approximate surface area is 158 Å². The van der Waals surface area contributed by atoms with E-state index >= 15 is 0 Å². The minimum absolute atomic E-state index is 0.0106. The molecular formula is C19H15F2N3O2S. The van der Waals surface area contributed by atoms with E-state index in [1.807, 2.05) is 0 Å². The molecule has 27 heavy (non-hydrogen) atoms. The van der Waals surface area contributed by atoms with Gasteiger partial charge in [-0.3, -0.25) is 9.59 Å². The Balaban J connectivity index is 1.60. The van der Waals surface area contributed by atoms with E-state index in [9.17, 15) is 18.4 Å². The second-order valence-corrected chi connectivity index (χ2v) is 6.57. The van der Waals surface area contributed by atoms with Crippen LogP contribution in [0, 0.1) is 11.6 Å². The zero-order valence-electron chi connectivity index (χ0n) is 14.3. The molecule has 0 saturated heterocycles. The molecule has 0 unspecified atom stereocenters. The summed E-state index contributed by atoms with van der Waals surface area (Å²) in [6.07, 6.45) is 0. The zero-order valence-corrected chi connectivity index (χ0v) is 15.1. The van der Waals surface area contributed by atoms with Gasteiger partial charge in [-0.25, -0.2) is 13.8 Å². The maximum Gasteiger partial charge on any atom is 0.254 e. The monoisotopic (exact) mass is 387 g/mol. The molecule has 138 valence electrons. The van der Waals surface area contributed by atoms with Crippen LogP contribution in [-0.2, 0) is 6.54 Å². The molecule has 0 aliphatic heterocycles. The molecule has 2 aromatic carbocycles. The fourth-order valence-electron chi connectivity index (χ4n) is 2.29. The van der Waals surface area contributed by atoms with Gasteiger partial charge >= 0.3 is 0 Å². The summed E-state index contributed by atoms with van der Waals surface area (Å²) in [5.74, 6) is -2.20. The van der Waals surface area contributed by atoms with E-state index in [4.69, 9.17) is 0 Å². The van der Waals surface area contributed by atoms with Crippen molar-refractivity contribution in [3.8, 4) is 0 Å². The summed E-state index contributed by atoms with van der Waals surface area (Å²) in [6.45, 7) is 1.58. The zero-order chi connectivity index (χ0) is 19.4. The molecule has 0 radical (unpaired) electrons. The van der Waals surface area contributed by atoms with Crippen LogP contribution in [0.1, 0.15) is 33.3 Å². The molecule has 0 fully saturated rings. The van der Waals surface area contributed by atoms with E-state index in [0.717, 1.165) is 23.9 Å². The van der Waals surface area contributed by atoms with Crippen LogP contribution in [0.2, 0.25) is 0 Å². The maximum absolute atomic E-state index is 13.6. The van der Waals surface area contributed by atoms with E-state index in [0.29, 0.717) is 16.4 Å². The smallest absolute Gasteiger partial charge is 0.254 e. The summed E-state index contributed by atoms with van der Waals surface area (Å²) in [6, 6.07) is 9.68. The van der Waals surface area contributed by atoms with Crippen LogP contribution in [0.4, 0.5) is 19.6 Å². The fourth-order valence-corrected chi connectivity index (χ4v) is 3.03. The number of aromatic nitrogens is 1. The van der Waals surface area contributed by atoms with Gasteiger partial charge in [-0.2, -0.15) is 0 Å². The van der Waals surface area contributed by atoms with Gasteiger partial charge in [0.1, 0.15) is 11.6 Å². The number of rotatable bonds is 6. The first-order valence-electron chi connectivity index (χ1n) is 7.98. The Bertz CT molecular complexity index is 987. The summed E-state index contributed by atoms with van der Waals surface area (Å²) in [7, 11) is 0. The summed E-state index contributed by atoms with van der Waals surface area (Å²) in [5.41, 5.74) is 1.61. The van der Waals surface area contributed by atoms with E-state index < -0.39 is 17.5 Å². The molecule has 2 N–H and O–H groups in total. The third-order valence-corrected chi connectivity index (χ3v) is 4.50. The van der Waals surface area contributed by atoms with Gasteiger partial charge in [0.2, 0.25) is 0 Å². The molecule has 0 spiro atoms. The first kappa shape index (κ1) is 18.7. The van der Waals surface area contributed by atoms with Crippen molar-refractivity contribution in [1.82, 2.24) is 10.3 Å². The van der Waals surface area contributed by atoms with Crippen molar-refractivity contribution in [2.24, 2.45) is 0 Å². The molecule has 3 rings (SSSR count). The number of benzene rings is 2. The molecule has 0 saturated carbocycles. The normalized spacial score (nSPS) is 10.5. The summed E-state index contributed by atoms with van der Waals surface area (Å²) in [4.78, 5) is 27.6. The van der Waals surface area contributed by atoms with Crippen LogP contribution in [0.5, 0.6) is 0 Å². The highest BCUT2D eigenvalue weighted by molar-refractivity contribution is 7.13. The Morgan fingerprint density at radius 1 is 1.11 bits per heavy atom. The predicted molar refractivity (Wildman–Crippen MR) is 99.4 cm³/mol. The topological polar surface area (TPSA) is 71.1 Å². The van der Waals surface area contributed by atoms with Crippen molar-refractivity contribution >= 4 is 33.8 Å². The fraction of sp³-hybridized carbons (Fsp3) is 0.105. The van der Waals surface area contributed by atoms with Gasteiger partial charge in [-0.15, -0.1) is 11.3 Å². The van der Waals surface area contributed by atoms with Crippen LogP contribution >= 0.6 is 11.3 Å². The number of carbonyl (C=O) groups excluding carboxylic acids is 2. The number of anilines is 2. The summed E-state index contributed by atoms with van der Waals surface area (Å²) in [5, 5.41) is 7.96. The van der Waals surface area contributed by atoms with Crippen LogP contribution < -0.4 is 10.6 Å². The third kappa shape index (κ3) is 4.73. The number of hydrogen-bond donors (Lipinski definition) is 2. The van der Waals surface area contributed by atoms with Crippen LogP contribution in [0.15, 0.2) is 47.8 Å². The summed E-state index contributed by atoms with van der Waals surface area (Å²) < 4.78 is 26.8. The molecule has 8 heteroatoms. The molecule has 1 amide bonds. The molecule has 1 heterocycles. The minimum Gasteiger partial charge on any atom is -0.346 e. The van der Waals surface area contributed by atoms with Crippen molar-refractivity contribution < 1.29 is 18.4 Å². The number of ketones is 1. The molecule has 0 atom stereocenters. The third-order valence-electron chi connectivity index (χ3n) is 3.70. The number of nitrogens with one attached hydrogen (secondary N) is 2. The molecule has 3 aromatic rings. The first-order chi connectivity index (χ1) is 12.9. The Morgan fingerprint density at radius 3 is 2.56 bits per heavy atom. The maximum atomic E-state index is 13.6. The van der Waals surface area contributed by atoms with E-state index in [1.54, 1.807) is 29.6 Å². The van der Waals surface area contributed by atoms with Gasteiger partial charge in [-0.1, -0.05) is 0 Å².